The highest BCUT2D eigenvalue weighted by Gasteiger charge is 2.23. The molecule has 1 aliphatic carbocycles. The monoisotopic (exact) mass is 283 g/mol. The fourth-order valence-corrected chi connectivity index (χ4v) is 2.77. The molecule has 4 heteroatoms. The van der Waals surface area contributed by atoms with Crippen LogP contribution < -0.4 is 14.8 Å². The average molecular weight is 284 g/mol. The topological polar surface area (TPSA) is 30.5 Å². The van der Waals surface area contributed by atoms with Crippen molar-refractivity contribution < 1.29 is 9.47 Å². The molecule has 1 aromatic carbocycles. The Hall–Kier alpha value is -0.930. The van der Waals surface area contributed by atoms with Crippen molar-refractivity contribution in [2.75, 3.05) is 14.2 Å². The molecule has 0 spiro atoms. The highest BCUT2D eigenvalue weighted by molar-refractivity contribution is 6.32. The van der Waals surface area contributed by atoms with Gasteiger partial charge in [0, 0.05) is 12.6 Å². The molecule has 1 fully saturated rings. The van der Waals surface area contributed by atoms with Crippen molar-refractivity contribution in [3.05, 3.63) is 22.7 Å². The molecule has 0 aromatic heterocycles. The Morgan fingerprint density at radius 1 is 1.32 bits per heavy atom. The third-order valence-corrected chi connectivity index (χ3v) is 4.26. The molecule has 1 saturated carbocycles. The third kappa shape index (κ3) is 3.34. The van der Waals surface area contributed by atoms with Crippen LogP contribution in [0.5, 0.6) is 11.5 Å². The smallest absolute Gasteiger partial charge is 0.179 e. The zero-order valence-corrected chi connectivity index (χ0v) is 12.6. The van der Waals surface area contributed by atoms with Gasteiger partial charge in [-0.3, -0.25) is 0 Å². The van der Waals surface area contributed by atoms with Crippen LogP contribution in [0.15, 0.2) is 12.1 Å². The quantitative estimate of drug-likeness (QED) is 0.865. The maximum absolute atomic E-state index is 6.20. The van der Waals surface area contributed by atoms with Crippen LogP contribution >= 0.6 is 11.6 Å². The van der Waals surface area contributed by atoms with Gasteiger partial charge in [0.15, 0.2) is 11.5 Å². The van der Waals surface area contributed by atoms with Gasteiger partial charge in [-0.2, -0.15) is 0 Å². The summed E-state index contributed by atoms with van der Waals surface area (Å²) in [5.74, 6) is 2.11. The Balaban J connectivity index is 2.01. The van der Waals surface area contributed by atoms with Crippen LogP contribution in [0, 0.1) is 5.92 Å². The Labute approximate surface area is 120 Å². The maximum atomic E-state index is 6.20. The van der Waals surface area contributed by atoms with Crippen molar-refractivity contribution in [3.8, 4) is 11.5 Å². The molecule has 106 valence electrons. The molecule has 3 nitrogen and oxygen atoms in total. The van der Waals surface area contributed by atoms with Gasteiger partial charge in [-0.25, -0.2) is 0 Å². The molecule has 0 radical (unpaired) electrons. The molecule has 0 heterocycles. The molecule has 1 aliphatic rings. The molecule has 1 unspecified atom stereocenters. The highest BCUT2D eigenvalue weighted by Crippen LogP contribution is 2.36. The van der Waals surface area contributed by atoms with Crippen molar-refractivity contribution >= 4 is 11.6 Å². The molecule has 0 amide bonds. The molecule has 0 bridgehead atoms. The number of halogens is 1. The molecule has 1 atom stereocenters. The van der Waals surface area contributed by atoms with Gasteiger partial charge >= 0.3 is 0 Å². The number of methoxy groups -OCH3 is 2. The average Bonchev–Trinajstić information content (AvgIpc) is 2.33. The second-order valence-electron chi connectivity index (χ2n) is 5.17. The predicted molar refractivity (Wildman–Crippen MR) is 78.2 cm³/mol. The van der Waals surface area contributed by atoms with E-state index in [0.717, 1.165) is 18.0 Å². The van der Waals surface area contributed by atoms with E-state index >= 15 is 0 Å². The number of ether oxygens (including phenoxy) is 2. The largest absolute Gasteiger partial charge is 0.493 e. The van der Waals surface area contributed by atoms with Crippen molar-refractivity contribution in [2.45, 2.75) is 38.8 Å². The summed E-state index contributed by atoms with van der Waals surface area (Å²) in [6, 6.07) is 4.47. The van der Waals surface area contributed by atoms with Gasteiger partial charge in [0.25, 0.3) is 0 Å². The fraction of sp³-hybridized carbons (Fsp3) is 0.600. The third-order valence-electron chi connectivity index (χ3n) is 3.98. The number of hydrogen-bond acceptors (Lipinski definition) is 3. The minimum Gasteiger partial charge on any atom is -0.493 e. The first-order valence-electron chi connectivity index (χ1n) is 6.79. The number of nitrogens with one attached hydrogen (secondary N) is 1. The van der Waals surface area contributed by atoms with Crippen LogP contribution in [0.4, 0.5) is 0 Å². The Morgan fingerprint density at radius 2 is 2.05 bits per heavy atom. The second kappa shape index (κ2) is 6.49. The SMILES string of the molecule is COc1cc(CNC(C)C2CCC2)cc(Cl)c1OC. The van der Waals surface area contributed by atoms with E-state index in [1.807, 2.05) is 12.1 Å². The Morgan fingerprint density at radius 3 is 2.58 bits per heavy atom. The summed E-state index contributed by atoms with van der Waals surface area (Å²) in [6.45, 7) is 3.06. The van der Waals surface area contributed by atoms with Crippen LogP contribution in [0.3, 0.4) is 0 Å². The Kier molecular flexibility index (Phi) is 4.94. The predicted octanol–water partition coefficient (Wildman–Crippen LogP) is 3.64. The van der Waals surface area contributed by atoms with Crippen LogP contribution in [-0.4, -0.2) is 20.3 Å². The van der Waals surface area contributed by atoms with E-state index in [1.165, 1.54) is 19.3 Å². The number of hydrogen-bond donors (Lipinski definition) is 1. The Bertz CT molecular complexity index is 432. The summed E-state index contributed by atoms with van der Waals surface area (Å²) in [7, 11) is 3.22. The summed E-state index contributed by atoms with van der Waals surface area (Å²) in [6.07, 6.45) is 4.07. The summed E-state index contributed by atoms with van der Waals surface area (Å²) in [5, 5.41) is 4.15. The molecule has 1 aromatic rings. The lowest BCUT2D eigenvalue weighted by atomic mass is 9.80. The van der Waals surface area contributed by atoms with Gasteiger partial charge < -0.3 is 14.8 Å². The van der Waals surface area contributed by atoms with Crippen molar-refractivity contribution in [1.82, 2.24) is 5.32 Å². The maximum Gasteiger partial charge on any atom is 0.179 e. The van der Waals surface area contributed by atoms with Crippen molar-refractivity contribution in [2.24, 2.45) is 5.92 Å². The zero-order valence-electron chi connectivity index (χ0n) is 11.8. The first-order valence-corrected chi connectivity index (χ1v) is 7.17. The first-order chi connectivity index (χ1) is 9.15. The van der Waals surface area contributed by atoms with Crippen LogP contribution in [0.1, 0.15) is 31.7 Å². The lowest BCUT2D eigenvalue weighted by Crippen LogP contribution is -2.36. The minimum atomic E-state index is 0.556. The van der Waals surface area contributed by atoms with Gasteiger partial charge in [-0.15, -0.1) is 0 Å². The highest BCUT2D eigenvalue weighted by atomic mass is 35.5. The van der Waals surface area contributed by atoms with Crippen LogP contribution in [-0.2, 0) is 6.54 Å². The second-order valence-corrected chi connectivity index (χ2v) is 5.58. The molecular formula is C15H22ClNO2. The molecule has 1 N–H and O–H groups in total. The summed E-state index contributed by atoms with van der Waals surface area (Å²) >= 11 is 6.20. The van der Waals surface area contributed by atoms with E-state index in [4.69, 9.17) is 21.1 Å². The molecule has 2 rings (SSSR count). The fourth-order valence-electron chi connectivity index (χ4n) is 2.46. The first kappa shape index (κ1) is 14.5. The number of benzene rings is 1. The van der Waals surface area contributed by atoms with Gasteiger partial charge in [0.1, 0.15) is 0 Å². The van der Waals surface area contributed by atoms with Crippen molar-refractivity contribution in [1.29, 1.82) is 0 Å². The summed E-state index contributed by atoms with van der Waals surface area (Å²) < 4.78 is 10.5. The van der Waals surface area contributed by atoms with Gasteiger partial charge in [0.2, 0.25) is 0 Å². The summed E-state index contributed by atoms with van der Waals surface area (Å²) in [5.41, 5.74) is 1.12. The summed E-state index contributed by atoms with van der Waals surface area (Å²) in [4.78, 5) is 0. The van der Waals surface area contributed by atoms with E-state index in [-0.39, 0.29) is 0 Å². The van der Waals surface area contributed by atoms with Gasteiger partial charge in [-0.05, 0) is 43.4 Å². The van der Waals surface area contributed by atoms with E-state index < -0.39 is 0 Å². The van der Waals surface area contributed by atoms with Crippen LogP contribution in [0.25, 0.3) is 0 Å². The lowest BCUT2D eigenvalue weighted by Gasteiger charge is -2.32. The lowest BCUT2D eigenvalue weighted by molar-refractivity contribution is 0.240. The standard InChI is InChI=1S/C15H22ClNO2/c1-10(12-5-4-6-12)17-9-11-7-13(16)15(19-3)14(8-11)18-2/h7-8,10,12,17H,4-6,9H2,1-3H3. The van der Waals surface area contributed by atoms with E-state index in [2.05, 4.69) is 12.2 Å². The normalized spacial score (nSPS) is 16.8. The zero-order chi connectivity index (χ0) is 13.8. The molecule has 0 aliphatic heterocycles. The minimum absolute atomic E-state index is 0.556. The van der Waals surface area contributed by atoms with E-state index in [0.29, 0.717) is 22.6 Å². The van der Waals surface area contributed by atoms with Gasteiger partial charge in [-0.1, -0.05) is 18.0 Å². The molecule has 0 saturated heterocycles. The number of rotatable bonds is 6. The van der Waals surface area contributed by atoms with E-state index in [1.54, 1.807) is 14.2 Å². The molecule has 19 heavy (non-hydrogen) atoms. The molecular weight excluding hydrogens is 262 g/mol. The van der Waals surface area contributed by atoms with Crippen molar-refractivity contribution in [3.63, 3.8) is 0 Å². The van der Waals surface area contributed by atoms with E-state index in [9.17, 15) is 0 Å². The van der Waals surface area contributed by atoms with Crippen LogP contribution in [0.2, 0.25) is 5.02 Å². The van der Waals surface area contributed by atoms with Gasteiger partial charge in [0.05, 0.1) is 19.2 Å².